The second-order valence-corrected chi connectivity index (χ2v) is 33.7. The quantitative estimate of drug-likeness (QED) is 0.0429. The molecule has 26 rings (SSSR count). The van der Waals surface area contributed by atoms with Gasteiger partial charge in [-0.25, -0.2) is 23.4 Å². The highest BCUT2D eigenvalue weighted by atomic mass is 19.3. The first-order valence-corrected chi connectivity index (χ1v) is 45.5. The van der Waals surface area contributed by atoms with E-state index < -0.39 is 5.92 Å². The molecule has 12 aromatic heterocycles. The van der Waals surface area contributed by atoms with Gasteiger partial charge in [0.25, 0.3) is 5.92 Å². The number of morpholine rings is 1. The smallest absolute Gasteiger partial charge is 0.266 e. The third-order valence-corrected chi connectivity index (χ3v) is 25.0. The molecule has 30 nitrogen and oxygen atoms in total. The van der Waals surface area contributed by atoms with Gasteiger partial charge in [0.2, 0.25) is 5.95 Å². The van der Waals surface area contributed by atoms with Gasteiger partial charge in [-0.15, -0.1) is 0 Å². The Bertz CT molecular complexity index is 7810. The van der Waals surface area contributed by atoms with Crippen molar-refractivity contribution in [1.29, 1.82) is 0 Å². The number of piperazine rings is 1. The van der Waals surface area contributed by atoms with Crippen LogP contribution in [0.4, 0.5) is 95.0 Å². The van der Waals surface area contributed by atoms with E-state index in [9.17, 15) is 8.78 Å². The normalized spacial score (nSPS) is 14.3. The van der Waals surface area contributed by atoms with Crippen LogP contribution < -0.4 is 51.1 Å². The minimum absolute atomic E-state index is 0.0950. The summed E-state index contributed by atoms with van der Waals surface area (Å²) in [5, 5.41) is 69.4. The van der Waals surface area contributed by atoms with E-state index in [-0.39, 0.29) is 13.0 Å². The van der Waals surface area contributed by atoms with Crippen LogP contribution in [0, 0.1) is 0 Å². The number of pyridine rings is 5. The molecule has 0 amide bonds. The van der Waals surface area contributed by atoms with Gasteiger partial charge in [-0.1, -0.05) is 91.0 Å². The number of H-pyrrole nitrogens is 5. The highest BCUT2D eigenvalue weighted by molar-refractivity contribution is 6.03. The Kier molecular flexibility index (Phi) is 23.5. The zero-order valence-corrected chi connectivity index (χ0v) is 73.9. The van der Waals surface area contributed by atoms with E-state index in [4.69, 9.17) is 4.74 Å². The Morgan fingerprint density at radius 3 is 0.934 bits per heavy atom. The van der Waals surface area contributed by atoms with Crippen LogP contribution in [-0.4, -0.2) is 180 Å². The molecule has 16 heterocycles. The number of benzene rings is 10. The number of halogens is 2. The molecule has 0 saturated carbocycles. The summed E-state index contributed by atoms with van der Waals surface area (Å²) in [5.41, 5.74) is 19.3. The molecule has 4 aliphatic heterocycles. The topological polar surface area (TPSA) is 337 Å². The molecule has 0 unspecified atom stereocenters. The van der Waals surface area contributed by atoms with Gasteiger partial charge >= 0.3 is 0 Å². The van der Waals surface area contributed by atoms with Crippen LogP contribution in [0.1, 0.15) is 25.7 Å². The number of hydrogen-bond donors (Lipinski definition) is 10. The standard InChI is InChI=1S/C24H22N8.C21H21N5.C20H17F2N5.C20H19N5O.C19H14N6/c1-4-17-16-18(28-23-22-20(29-30-23)5-2-9-25-22)7-8-19(17)21(6-1)31-12-14-32(15-13-31)24-26-10-3-11-27-24;1-2-12-26(13-3-1)19-8-4-6-15-14-16(9-10-17(15)19)23-21-20-18(24-25-21)7-5-11-22-20;21-20(22)8-10-27(12-20)17-5-1-3-13-11-14(6-7-15(13)17)24-19-18-16(25-26-19)4-2-9-23-18;1-3-14-13-15(22-20-19-17(23-24-20)4-2-8-21-19)6-7-16(14)18(5-1)25-9-11-26-12-10-25;1-4-13-12-14(22-19-18-16(23-24-19)5-2-9-20-18)7-8-15(13)17(6-1)25-11-3-10-21-25/h1-11,16H,12-15H2,(H2,28,29,30);4-11,14H,1-3,12-13H2,(H2,23,24,25);1-7,9,11H,8,10,12H2,(H2,24,25,26);1-8,13H,9-12H2,(H2,22,23,24);1-12H,(H2,22,23,24). The molecule has 0 aliphatic carbocycles. The van der Waals surface area contributed by atoms with Crippen molar-refractivity contribution in [3.8, 4) is 5.69 Å². The zero-order valence-electron chi connectivity index (χ0n) is 73.9. The molecule has 32 heteroatoms. The van der Waals surface area contributed by atoms with E-state index in [1.807, 2.05) is 132 Å². The van der Waals surface area contributed by atoms with Gasteiger partial charge in [0, 0.05) is 199 Å². The molecule has 10 aromatic carbocycles. The van der Waals surface area contributed by atoms with E-state index in [0.29, 0.717) is 12.4 Å². The molecule has 674 valence electrons. The third kappa shape index (κ3) is 18.1. The summed E-state index contributed by atoms with van der Waals surface area (Å²) >= 11 is 0. The number of ether oxygens (including phenoxy) is 1. The van der Waals surface area contributed by atoms with E-state index >= 15 is 0 Å². The van der Waals surface area contributed by atoms with Gasteiger partial charge in [-0.2, -0.15) is 30.6 Å². The highest BCUT2D eigenvalue weighted by Crippen LogP contribution is 2.40. The predicted octanol–water partition coefficient (Wildman–Crippen LogP) is 21.2. The summed E-state index contributed by atoms with van der Waals surface area (Å²) in [7, 11) is 0. The Hall–Kier alpha value is -17.3. The summed E-state index contributed by atoms with van der Waals surface area (Å²) < 4.78 is 34.6. The molecule has 0 radical (unpaired) electrons. The van der Waals surface area contributed by atoms with Gasteiger partial charge < -0.3 is 55.8 Å². The number of fused-ring (bicyclic) bond motifs is 10. The third-order valence-electron chi connectivity index (χ3n) is 25.0. The van der Waals surface area contributed by atoms with Gasteiger partial charge in [0.05, 0.1) is 53.0 Å². The SMILES string of the molecule is FC1(F)CCN(c2cccc3cc(Nc4n[nH]c5cccnc45)ccc23)C1.c1cc(-n2cccn2)c2ccc(Nc3n[nH]c4cccnc34)cc2c1.c1cc(N2CCCCC2)c2ccc(Nc3n[nH]c4cccnc34)cc2c1.c1cc(N2CCOCC2)c2ccc(Nc3n[nH]c4cccnc34)cc2c1.c1cnc(N2CCN(c3cccc4cc(Nc5n[nH]c6cccnc56)ccc34)CC2)nc1. The maximum Gasteiger partial charge on any atom is 0.266 e. The molecule has 4 fully saturated rings. The minimum atomic E-state index is -2.61. The fourth-order valence-electron chi connectivity index (χ4n) is 18.3. The average molecular weight is 1800 g/mol. The van der Waals surface area contributed by atoms with Crippen molar-refractivity contribution in [2.75, 3.05) is 130 Å². The van der Waals surface area contributed by atoms with Crippen molar-refractivity contribution in [1.82, 2.24) is 95.7 Å². The predicted molar refractivity (Wildman–Crippen MR) is 540 cm³/mol. The number of alkyl halides is 2. The number of aromatic amines is 5. The summed E-state index contributed by atoms with van der Waals surface area (Å²) in [5.74, 6) is 1.80. The van der Waals surface area contributed by atoms with Gasteiger partial charge in [0.15, 0.2) is 29.1 Å². The van der Waals surface area contributed by atoms with Gasteiger partial charge in [0.1, 0.15) is 27.6 Å². The Balaban J connectivity index is 0.0000000988. The van der Waals surface area contributed by atoms with E-state index in [0.717, 1.165) is 211 Å². The number of nitrogens with zero attached hydrogens (tertiary/aromatic N) is 19. The fraction of sp³-hybridized carbons (Fsp3) is 0.163. The summed E-state index contributed by atoms with van der Waals surface area (Å²) in [6.45, 7) is 9.57. The first-order chi connectivity index (χ1) is 67.1. The van der Waals surface area contributed by atoms with Crippen LogP contribution in [0.25, 0.3) is 115 Å². The number of aromatic nitrogens is 19. The number of anilines is 15. The lowest BCUT2D eigenvalue weighted by Gasteiger charge is -2.36. The Morgan fingerprint density at radius 2 is 0.596 bits per heavy atom. The van der Waals surface area contributed by atoms with Gasteiger partial charge in [-0.05, 0) is 210 Å². The molecule has 4 aliphatic rings. The van der Waals surface area contributed by atoms with E-state index in [1.165, 1.54) is 68.6 Å². The van der Waals surface area contributed by atoms with Crippen molar-refractivity contribution < 1.29 is 13.5 Å². The number of piperidine rings is 1. The molecular weight excluding hydrogens is 1710 g/mol. The van der Waals surface area contributed by atoms with E-state index in [2.05, 4.69) is 271 Å². The largest absolute Gasteiger partial charge is 0.378 e. The molecule has 136 heavy (non-hydrogen) atoms. The molecule has 22 aromatic rings. The van der Waals surface area contributed by atoms with Crippen molar-refractivity contribution in [3.05, 3.63) is 311 Å². The lowest BCUT2D eigenvalue weighted by Crippen LogP contribution is -2.47. The lowest BCUT2D eigenvalue weighted by atomic mass is 10.0. The number of nitrogens with one attached hydrogen (secondary N) is 10. The average Bonchev–Trinajstić information content (AvgIpc) is 1.39. The van der Waals surface area contributed by atoms with Crippen LogP contribution in [0.5, 0.6) is 0 Å². The Labute approximate surface area is 777 Å². The molecule has 10 N–H and O–H groups in total. The summed E-state index contributed by atoms with van der Waals surface area (Å²) in [6, 6.07) is 86.0. The summed E-state index contributed by atoms with van der Waals surface area (Å²) in [6.07, 6.45) is 20.0. The molecule has 4 saturated heterocycles. The monoisotopic (exact) mass is 1800 g/mol. The molecule has 0 atom stereocenters. The number of hydrogen-bond acceptors (Lipinski definition) is 24. The maximum absolute atomic E-state index is 13.6. The lowest BCUT2D eigenvalue weighted by molar-refractivity contribution is 0.0257. The van der Waals surface area contributed by atoms with Crippen molar-refractivity contribution in [2.45, 2.75) is 31.6 Å². The first kappa shape index (κ1) is 84.3. The molecular formula is C104H93F2N29O. The summed E-state index contributed by atoms with van der Waals surface area (Å²) in [4.78, 5) is 42.1. The maximum atomic E-state index is 13.6. The van der Waals surface area contributed by atoms with Crippen molar-refractivity contribution in [2.24, 2.45) is 0 Å². The second-order valence-electron chi connectivity index (χ2n) is 33.7. The van der Waals surface area contributed by atoms with Gasteiger partial charge in [-0.3, -0.25) is 50.4 Å². The fourth-order valence-corrected chi connectivity index (χ4v) is 18.3. The zero-order chi connectivity index (χ0) is 91.1. The van der Waals surface area contributed by atoms with Crippen molar-refractivity contribution in [3.63, 3.8) is 0 Å². The second kappa shape index (κ2) is 37.9. The van der Waals surface area contributed by atoms with Crippen LogP contribution in [0.3, 0.4) is 0 Å². The van der Waals surface area contributed by atoms with Crippen molar-refractivity contribution >= 4 is 195 Å². The van der Waals surface area contributed by atoms with E-state index in [1.54, 1.807) is 54.5 Å². The molecule has 0 spiro atoms. The Morgan fingerprint density at radius 1 is 0.279 bits per heavy atom. The highest BCUT2D eigenvalue weighted by Gasteiger charge is 2.39. The van der Waals surface area contributed by atoms with Crippen LogP contribution in [-0.2, 0) is 4.74 Å². The first-order valence-electron chi connectivity index (χ1n) is 45.5. The minimum Gasteiger partial charge on any atom is -0.378 e. The number of rotatable bonds is 16. The van der Waals surface area contributed by atoms with Crippen LogP contribution in [0.15, 0.2) is 311 Å². The van der Waals surface area contributed by atoms with Crippen LogP contribution >= 0.6 is 0 Å². The van der Waals surface area contributed by atoms with Crippen LogP contribution in [0.2, 0.25) is 0 Å². The molecule has 0 bridgehead atoms.